The normalized spacial score (nSPS) is 14.4. The summed E-state index contributed by atoms with van der Waals surface area (Å²) in [6, 6.07) is 6.54. The molecular formula is C26H30FN7O3. The number of H-pyrrole nitrogens is 1. The molecule has 0 atom stereocenters. The number of anilines is 2. The van der Waals surface area contributed by atoms with Crippen LogP contribution in [0.5, 0.6) is 0 Å². The maximum absolute atomic E-state index is 14.5. The van der Waals surface area contributed by atoms with E-state index in [-0.39, 0.29) is 17.5 Å². The van der Waals surface area contributed by atoms with Crippen LogP contribution in [0.1, 0.15) is 37.0 Å². The molecule has 0 saturated carbocycles. The molecule has 194 valence electrons. The first-order valence-electron chi connectivity index (χ1n) is 12.1. The summed E-state index contributed by atoms with van der Waals surface area (Å²) >= 11 is 0. The van der Waals surface area contributed by atoms with E-state index in [1.54, 1.807) is 35.7 Å². The van der Waals surface area contributed by atoms with Gasteiger partial charge in [-0.1, -0.05) is 0 Å². The van der Waals surface area contributed by atoms with E-state index < -0.39 is 11.4 Å². The Labute approximate surface area is 213 Å². The van der Waals surface area contributed by atoms with Crippen LogP contribution in [-0.2, 0) is 11.8 Å². The maximum Gasteiger partial charge on any atom is 0.410 e. The third-order valence-electron chi connectivity index (χ3n) is 6.20. The number of carbonyl (C=O) groups is 2. The van der Waals surface area contributed by atoms with Crippen LogP contribution in [0.15, 0.2) is 30.5 Å². The van der Waals surface area contributed by atoms with Gasteiger partial charge < -0.3 is 24.8 Å². The largest absolute Gasteiger partial charge is 0.444 e. The number of hydrogen-bond donors (Lipinski definition) is 2. The number of hydrogen-bond acceptors (Lipinski definition) is 6. The van der Waals surface area contributed by atoms with Gasteiger partial charge >= 0.3 is 6.09 Å². The van der Waals surface area contributed by atoms with Gasteiger partial charge in [-0.3, -0.25) is 9.48 Å². The number of fused-ring (bicyclic) bond motifs is 2. The van der Waals surface area contributed by atoms with Gasteiger partial charge in [-0.15, -0.1) is 0 Å². The molecule has 2 aromatic heterocycles. The second kappa shape index (κ2) is 9.06. The monoisotopic (exact) mass is 507 g/mol. The quantitative estimate of drug-likeness (QED) is 0.430. The first-order chi connectivity index (χ1) is 17.5. The van der Waals surface area contributed by atoms with Crippen LogP contribution in [0.3, 0.4) is 0 Å². The van der Waals surface area contributed by atoms with E-state index in [1.807, 2.05) is 33.0 Å². The molecule has 2 amide bonds. The summed E-state index contributed by atoms with van der Waals surface area (Å²) < 4.78 is 21.7. The third kappa shape index (κ3) is 4.93. The topological polar surface area (TPSA) is 108 Å². The molecule has 1 aliphatic rings. The van der Waals surface area contributed by atoms with Crippen molar-refractivity contribution in [2.45, 2.75) is 33.3 Å². The molecule has 2 aromatic carbocycles. The van der Waals surface area contributed by atoms with Crippen LogP contribution in [0.4, 0.5) is 20.6 Å². The zero-order valence-corrected chi connectivity index (χ0v) is 21.6. The average molecular weight is 508 g/mol. The Morgan fingerprint density at radius 2 is 1.84 bits per heavy atom. The summed E-state index contributed by atoms with van der Waals surface area (Å²) in [5.74, 6) is -0.309. The number of rotatable bonds is 3. The molecule has 5 rings (SSSR count). The summed E-state index contributed by atoms with van der Waals surface area (Å²) in [5, 5.41) is 8.16. The van der Waals surface area contributed by atoms with Crippen molar-refractivity contribution in [2.24, 2.45) is 7.05 Å². The Hall–Kier alpha value is -4.15. The van der Waals surface area contributed by atoms with Crippen LogP contribution in [-0.4, -0.2) is 68.4 Å². The zero-order valence-electron chi connectivity index (χ0n) is 21.6. The van der Waals surface area contributed by atoms with Gasteiger partial charge in [-0.05, 0) is 52.0 Å². The predicted octanol–water partition coefficient (Wildman–Crippen LogP) is 4.21. The highest BCUT2D eigenvalue weighted by Gasteiger charge is 2.27. The van der Waals surface area contributed by atoms with Gasteiger partial charge in [0.1, 0.15) is 22.5 Å². The minimum Gasteiger partial charge on any atom is -0.444 e. The fraction of sp³-hybridized carbons (Fsp3) is 0.385. The van der Waals surface area contributed by atoms with Gasteiger partial charge in [0.2, 0.25) is 0 Å². The highest BCUT2D eigenvalue weighted by Crippen LogP contribution is 2.31. The van der Waals surface area contributed by atoms with Crippen molar-refractivity contribution in [1.29, 1.82) is 0 Å². The third-order valence-corrected chi connectivity index (χ3v) is 6.20. The minimum atomic E-state index is -0.540. The second-order valence-electron chi connectivity index (χ2n) is 10.3. The lowest BCUT2D eigenvalue weighted by molar-refractivity contribution is 0.0240. The summed E-state index contributed by atoms with van der Waals surface area (Å²) in [5.41, 5.74) is 2.39. The van der Waals surface area contributed by atoms with E-state index in [9.17, 15) is 14.0 Å². The van der Waals surface area contributed by atoms with Crippen molar-refractivity contribution in [2.75, 3.05) is 36.4 Å². The van der Waals surface area contributed by atoms with E-state index in [1.165, 1.54) is 6.07 Å². The van der Waals surface area contributed by atoms with Crippen molar-refractivity contribution in [1.82, 2.24) is 24.6 Å². The molecular weight excluding hydrogens is 477 g/mol. The number of aromatic nitrogens is 4. The van der Waals surface area contributed by atoms with Crippen molar-refractivity contribution in [3.63, 3.8) is 0 Å². The number of nitrogens with one attached hydrogen (secondary N) is 2. The second-order valence-corrected chi connectivity index (χ2v) is 10.3. The lowest BCUT2D eigenvalue weighted by Crippen LogP contribution is -2.50. The lowest BCUT2D eigenvalue weighted by atomic mass is 10.1. The molecule has 0 spiro atoms. The number of nitrogens with zero attached hydrogens (tertiary/aromatic N) is 5. The van der Waals surface area contributed by atoms with E-state index >= 15 is 0 Å². The first-order valence-corrected chi connectivity index (χ1v) is 12.1. The number of amides is 2. The van der Waals surface area contributed by atoms with E-state index in [2.05, 4.69) is 25.3 Å². The molecule has 10 nitrogen and oxygen atoms in total. The Morgan fingerprint density at radius 1 is 1.11 bits per heavy atom. The molecule has 1 aliphatic heterocycles. The van der Waals surface area contributed by atoms with E-state index in [0.29, 0.717) is 54.3 Å². The number of carbonyl (C=O) groups excluding carboxylic acids is 2. The van der Waals surface area contributed by atoms with Gasteiger partial charge in [0, 0.05) is 56.2 Å². The molecule has 4 aromatic rings. The summed E-state index contributed by atoms with van der Waals surface area (Å²) in [4.78, 5) is 36.7. The molecule has 3 heterocycles. The van der Waals surface area contributed by atoms with Crippen LogP contribution >= 0.6 is 0 Å². The molecule has 37 heavy (non-hydrogen) atoms. The van der Waals surface area contributed by atoms with Gasteiger partial charge in [0.05, 0.1) is 11.1 Å². The van der Waals surface area contributed by atoms with E-state index in [0.717, 1.165) is 11.1 Å². The smallest absolute Gasteiger partial charge is 0.410 e. The molecule has 0 radical (unpaired) electrons. The number of ether oxygens (including phenoxy) is 1. The summed E-state index contributed by atoms with van der Waals surface area (Å²) in [7, 11) is 1.80. The number of aryl methyl sites for hydroxylation is 2. The first kappa shape index (κ1) is 24.5. The van der Waals surface area contributed by atoms with Gasteiger partial charge in [0.25, 0.3) is 5.91 Å². The Bertz CT molecular complexity index is 1510. The zero-order chi connectivity index (χ0) is 26.5. The van der Waals surface area contributed by atoms with Gasteiger partial charge in [-0.2, -0.15) is 5.10 Å². The molecule has 0 unspecified atom stereocenters. The summed E-state index contributed by atoms with van der Waals surface area (Å²) in [6.07, 6.45) is 1.56. The number of aromatic amines is 1. The Morgan fingerprint density at radius 3 is 2.54 bits per heavy atom. The number of halogens is 1. The minimum absolute atomic E-state index is 0.235. The van der Waals surface area contributed by atoms with E-state index in [4.69, 9.17) is 4.74 Å². The number of benzene rings is 2. The van der Waals surface area contributed by atoms with Gasteiger partial charge in [-0.25, -0.2) is 14.2 Å². The highest BCUT2D eigenvalue weighted by molar-refractivity contribution is 6.14. The van der Waals surface area contributed by atoms with Crippen LogP contribution in [0.2, 0.25) is 0 Å². The molecule has 0 aliphatic carbocycles. The SMILES string of the molecule is Cc1nc2c(F)cc(NC(=O)c3ccc(N4CCN(C(=O)OC(C)(C)C)CC4)c4cn(C)nc34)cc2[nH]1. The van der Waals surface area contributed by atoms with Crippen molar-refractivity contribution < 1.29 is 18.7 Å². The molecule has 11 heteroatoms. The summed E-state index contributed by atoms with van der Waals surface area (Å²) in [6.45, 7) is 9.60. The molecule has 1 fully saturated rings. The molecule has 1 saturated heterocycles. The van der Waals surface area contributed by atoms with Gasteiger partial charge in [0.15, 0.2) is 5.82 Å². The standard InChI is InChI=1S/C26H30FN7O3/c1-15-28-20-13-16(12-19(27)23(20)29-15)30-24(35)17-6-7-21(18-14-32(5)31-22(17)18)33-8-10-34(11-9-33)25(36)37-26(2,3)4/h6-7,12-14H,8-11H2,1-5H3,(H,28,29)(H,30,35). The van der Waals surface area contributed by atoms with Crippen LogP contribution in [0, 0.1) is 12.7 Å². The fourth-order valence-corrected chi connectivity index (χ4v) is 4.59. The number of imidazole rings is 1. The lowest BCUT2D eigenvalue weighted by Gasteiger charge is -2.37. The average Bonchev–Trinajstić information content (AvgIpc) is 3.39. The highest BCUT2D eigenvalue weighted by atomic mass is 19.1. The Kier molecular flexibility index (Phi) is 6.01. The van der Waals surface area contributed by atoms with Crippen LogP contribution < -0.4 is 10.2 Å². The Balaban J connectivity index is 1.37. The van der Waals surface area contributed by atoms with Crippen LogP contribution in [0.25, 0.3) is 21.9 Å². The van der Waals surface area contributed by atoms with Crippen molar-refractivity contribution in [3.8, 4) is 0 Å². The predicted molar refractivity (Wildman–Crippen MR) is 139 cm³/mol. The fourth-order valence-electron chi connectivity index (χ4n) is 4.59. The molecule has 2 N–H and O–H groups in total. The number of piperazine rings is 1. The maximum atomic E-state index is 14.5. The van der Waals surface area contributed by atoms with Crippen molar-refractivity contribution >= 4 is 45.3 Å². The van der Waals surface area contributed by atoms with Crippen molar-refractivity contribution in [3.05, 3.63) is 47.7 Å². The molecule has 0 bridgehead atoms.